The van der Waals surface area contributed by atoms with Crippen LogP contribution in [0.4, 0.5) is 0 Å². The number of ether oxygens (including phenoxy) is 1. The van der Waals surface area contributed by atoms with E-state index in [9.17, 15) is 9.59 Å². The van der Waals surface area contributed by atoms with Gasteiger partial charge in [-0.15, -0.1) is 5.10 Å². The smallest absolute Gasteiger partial charge is 0.325 e. The summed E-state index contributed by atoms with van der Waals surface area (Å²) in [6, 6.07) is 0. The van der Waals surface area contributed by atoms with Crippen LogP contribution in [0.25, 0.3) is 0 Å². The Balaban J connectivity index is 1.91. The van der Waals surface area contributed by atoms with Crippen molar-refractivity contribution in [3.63, 3.8) is 0 Å². The maximum atomic E-state index is 11.8. The molecule has 1 aromatic heterocycles. The molecule has 0 atom stereocenters. The molecule has 2 heterocycles. The minimum absolute atomic E-state index is 0.0859. The highest BCUT2D eigenvalue weighted by molar-refractivity contribution is 5.91. The van der Waals surface area contributed by atoms with E-state index in [1.165, 1.54) is 6.20 Å². The number of morpholine rings is 1. The zero-order valence-corrected chi connectivity index (χ0v) is 9.57. The van der Waals surface area contributed by atoms with E-state index in [-0.39, 0.29) is 12.2 Å². The lowest BCUT2D eigenvalue weighted by Gasteiger charge is -2.26. The number of nitrogens with one attached hydrogen (secondary N) is 1. The number of carbonyl (C=O) groups excluding carboxylic acids is 1. The quantitative estimate of drug-likeness (QED) is 0.662. The lowest BCUT2D eigenvalue weighted by atomic mass is 10.4. The highest BCUT2D eigenvalue weighted by Crippen LogP contribution is 1.97. The van der Waals surface area contributed by atoms with Gasteiger partial charge in [0.05, 0.1) is 19.4 Å². The van der Waals surface area contributed by atoms with Crippen LogP contribution in [-0.4, -0.2) is 63.3 Å². The van der Waals surface area contributed by atoms with E-state index in [1.54, 1.807) is 5.01 Å². The first-order valence-electron chi connectivity index (χ1n) is 5.41. The SMILES string of the molecule is O=C(O)Cn1cc(C(=O)NN2CCOCC2)nn1. The number of carbonyl (C=O) groups is 2. The molecule has 1 amide bonds. The number of aromatic nitrogens is 3. The molecule has 0 bridgehead atoms. The normalized spacial score (nSPS) is 16.4. The standard InChI is InChI=1S/C9H13N5O4/c15-8(16)6-14-5-7(10-12-14)9(17)11-13-1-3-18-4-2-13/h5H,1-4,6H2,(H,11,17)(H,15,16). The first-order valence-corrected chi connectivity index (χ1v) is 5.41. The predicted molar refractivity (Wildman–Crippen MR) is 57.5 cm³/mol. The van der Waals surface area contributed by atoms with Gasteiger partial charge in [0.25, 0.3) is 5.91 Å². The third kappa shape index (κ3) is 3.25. The van der Waals surface area contributed by atoms with Gasteiger partial charge < -0.3 is 9.84 Å². The van der Waals surface area contributed by atoms with E-state index in [1.807, 2.05) is 0 Å². The summed E-state index contributed by atoms with van der Waals surface area (Å²) in [4.78, 5) is 22.2. The first-order chi connectivity index (χ1) is 8.65. The number of hydrogen-bond acceptors (Lipinski definition) is 6. The minimum atomic E-state index is -1.04. The van der Waals surface area contributed by atoms with Crippen LogP contribution in [0.3, 0.4) is 0 Å². The number of carboxylic acids is 1. The summed E-state index contributed by atoms with van der Waals surface area (Å²) in [5.41, 5.74) is 2.74. The zero-order chi connectivity index (χ0) is 13.0. The van der Waals surface area contributed by atoms with Crippen molar-refractivity contribution in [2.45, 2.75) is 6.54 Å². The van der Waals surface area contributed by atoms with Gasteiger partial charge in [-0.2, -0.15) is 0 Å². The molecule has 1 saturated heterocycles. The molecule has 1 aliphatic heterocycles. The molecule has 2 rings (SSSR count). The van der Waals surface area contributed by atoms with E-state index in [0.717, 1.165) is 4.68 Å². The maximum absolute atomic E-state index is 11.8. The third-order valence-electron chi connectivity index (χ3n) is 2.34. The van der Waals surface area contributed by atoms with Crippen molar-refractivity contribution >= 4 is 11.9 Å². The summed E-state index contributed by atoms with van der Waals surface area (Å²) in [6.45, 7) is 2.01. The van der Waals surface area contributed by atoms with Gasteiger partial charge in [-0.1, -0.05) is 5.21 Å². The van der Waals surface area contributed by atoms with Crippen molar-refractivity contribution in [2.24, 2.45) is 0 Å². The molecule has 9 heteroatoms. The van der Waals surface area contributed by atoms with Gasteiger partial charge >= 0.3 is 5.97 Å². The lowest BCUT2D eigenvalue weighted by molar-refractivity contribution is -0.137. The summed E-state index contributed by atoms with van der Waals surface area (Å²) >= 11 is 0. The van der Waals surface area contributed by atoms with Gasteiger partial charge in [0.1, 0.15) is 6.54 Å². The van der Waals surface area contributed by atoms with Gasteiger partial charge in [0.15, 0.2) is 5.69 Å². The molecule has 0 radical (unpaired) electrons. The first kappa shape index (κ1) is 12.5. The second kappa shape index (κ2) is 5.56. The van der Waals surface area contributed by atoms with Crippen molar-refractivity contribution in [1.29, 1.82) is 0 Å². The number of rotatable bonds is 4. The summed E-state index contributed by atoms with van der Waals surface area (Å²) in [5.74, 6) is -1.45. The summed E-state index contributed by atoms with van der Waals surface area (Å²) in [7, 11) is 0. The van der Waals surface area contributed by atoms with E-state index in [4.69, 9.17) is 9.84 Å². The van der Waals surface area contributed by atoms with Crippen LogP contribution in [0.2, 0.25) is 0 Å². The molecule has 0 aliphatic carbocycles. The average molecular weight is 255 g/mol. The van der Waals surface area contributed by atoms with Crippen molar-refractivity contribution in [1.82, 2.24) is 25.4 Å². The molecule has 0 unspecified atom stereocenters. The minimum Gasteiger partial charge on any atom is -0.480 e. The Morgan fingerprint density at radius 3 is 2.83 bits per heavy atom. The van der Waals surface area contributed by atoms with Crippen LogP contribution in [0, 0.1) is 0 Å². The number of hydrazine groups is 1. The van der Waals surface area contributed by atoms with E-state index >= 15 is 0 Å². The van der Waals surface area contributed by atoms with Crippen molar-refractivity contribution in [2.75, 3.05) is 26.3 Å². The molecule has 18 heavy (non-hydrogen) atoms. The van der Waals surface area contributed by atoms with Gasteiger partial charge in [0.2, 0.25) is 0 Å². The molecule has 1 aromatic rings. The number of nitrogens with zero attached hydrogens (tertiary/aromatic N) is 4. The highest BCUT2D eigenvalue weighted by Gasteiger charge is 2.17. The molecule has 1 aliphatic rings. The molecular formula is C9H13N5O4. The molecule has 98 valence electrons. The Morgan fingerprint density at radius 2 is 2.17 bits per heavy atom. The van der Waals surface area contributed by atoms with E-state index in [0.29, 0.717) is 26.3 Å². The summed E-state index contributed by atoms with van der Waals surface area (Å²) < 4.78 is 6.24. The molecule has 2 N–H and O–H groups in total. The Kier molecular flexibility index (Phi) is 3.85. The largest absolute Gasteiger partial charge is 0.480 e. The van der Waals surface area contributed by atoms with E-state index < -0.39 is 11.9 Å². The topological polar surface area (TPSA) is 110 Å². The second-order valence-corrected chi connectivity index (χ2v) is 3.74. The van der Waals surface area contributed by atoms with Crippen LogP contribution in [0.1, 0.15) is 10.5 Å². The molecule has 0 saturated carbocycles. The van der Waals surface area contributed by atoms with Gasteiger partial charge in [0, 0.05) is 13.1 Å². The molecule has 0 spiro atoms. The molecule has 1 fully saturated rings. The molecule has 0 aromatic carbocycles. The predicted octanol–water partition coefficient (Wildman–Crippen LogP) is -1.66. The van der Waals surface area contributed by atoms with Crippen molar-refractivity contribution < 1.29 is 19.4 Å². The van der Waals surface area contributed by atoms with Crippen molar-refractivity contribution in [3.8, 4) is 0 Å². The summed E-state index contributed by atoms with van der Waals surface area (Å²) in [6.07, 6.45) is 1.30. The van der Waals surface area contributed by atoms with Crippen molar-refractivity contribution in [3.05, 3.63) is 11.9 Å². The van der Waals surface area contributed by atoms with Crippen LogP contribution in [0.15, 0.2) is 6.20 Å². The van der Waals surface area contributed by atoms with Gasteiger partial charge in [-0.05, 0) is 0 Å². The number of hydrogen-bond donors (Lipinski definition) is 2. The Morgan fingerprint density at radius 1 is 1.44 bits per heavy atom. The Bertz CT molecular complexity index is 440. The highest BCUT2D eigenvalue weighted by atomic mass is 16.5. The fourth-order valence-corrected chi connectivity index (χ4v) is 1.49. The Hall–Kier alpha value is -2.00. The molecular weight excluding hydrogens is 242 g/mol. The van der Waals surface area contributed by atoms with Crippen LogP contribution >= 0.6 is 0 Å². The fourth-order valence-electron chi connectivity index (χ4n) is 1.49. The van der Waals surface area contributed by atoms with E-state index in [2.05, 4.69) is 15.7 Å². The average Bonchev–Trinajstić information content (AvgIpc) is 2.78. The van der Waals surface area contributed by atoms with Gasteiger partial charge in [-0.3, -0.25) is 15.0 Å². The zero-order valence-electron chi connectivity index (χ0n) is 9.57. The number of carboxylic acid groups (broad SMARTS) is 1. The maximum Gasteiger partial charge on any atom is 0.325 e. The third-order valence-corrected chi connectivity index (χ3v) is 2.34. The number of amides is 1. The van der Waals surface area contributed by atoms with Crippen LogP contribution < -0.4 is 5.43 Å². The van der Waals surface area contributed by atoms with Crippen LogP contribution in [0.5, 0.6) is 0 Å². The molecule has 9 nitrogen and oxygen atoms in total. The summed E-state index contributed by atoms with van der Waals surface area (Å²) in [5, 5.41) is 17.5. The lowest BCUT2D eigenvalue weighted by Crippen LogP contribution is -2.48. The number of aliphatic carboxylic acids is 1. The van der Waals surface area contributed by atoms with Crippen LogP contribution in [-0.2, 0) is 16.1 Å². The fraction of sp³-hybridized carbons (Fsp3) is 0.556. The second-order valence-electron chi connectivity index (χ2n) is 3.74. The monoisotopic (exact) mass is 255 g/mol. The van der Waals surface area contributed by atoms with Gasteiger partial charge in [-0.25, -0.2) is 9.69 Å². The Labute approximate surface area is 102 Å².